The Labute approximate surface area is 107 Å². The number of hydrogen-bond donors (Lipinski definition) is 1. The van der Waals surface area contributed by atoms with Crippen molar-refractivity contribution in [2.24, 2.45) is 5.92 Å². The second-order valence-corrected chi connectivity index (χ2v) is 6.17. The molecule has 2 rings (SSSR count). The highest BCUT2D eigenvalue weighted by molar-refractivity contribution is 4.82. The molecule has 17 heavy (non-hydrogen) atoms. The Bertz CT molecular complexity index is 207. The van der Waals surface area contributed by atoms with E-state index in [1.165, 1.54) is 64.6 Å². The van der Waals surface area contributed by atoms with Crippen molar-refractivity contribution in [2.45, 2.75) is 70.9 Å². The molecule has 2 atom stereocenters. The second-order valence-electron chi connectivity index (χ2n) is 6.17. The molecule has 1 saturated heterocycles. The first-order chi connectivity index (χ1) is 8.29. The van der Waals surface area contributed by atoms with Crippen molar-refractivity contribution in [3.05, 3.63) is 0 Å². The van der Waals surface area contributed by atoms with Gasteiger partial charge in [-0.05, 0) is 51.6 Å². The summed E-state index contributed by atoms with van der Waals surface area (Å²) in [6.45, 7) is 8.56. The van der Waals surface area contributed by atoms with Gasteiger partial charge in [-0.2, -0.15) is 0 Å². The molecule has 0 spiro atoms. The van der Waals surface area contributed by atoms with Gasteiger partial charge >= 0.3 is 0 Å². The first-order valence-corrected chi connectivity index (χ1v) is 7.77. The van der Waals surface area contributed by atoms with Crippen LogP contribution in [0.2, 0.25) is 0 Å². The summed E-state index contributed by atoms with van der Waals surface area (Å²) in [4.78, 5) is 2.74. The second kappa shape index (κ2) is 6.75. The Kier molecular flexibility index (Phi) is 5.30. The van der Waals surface area contributed by atoms with Gasteiger partial charge in [0.05, 0.1) is 0 Å². The smallest absolute Gasteiger partial charge is 0.0195 e. The minimum atomic E-state index is 0.769. The summed E-state index contributed by atoms with van der Waals surface area (Å²) in [5.41, 5.74) is 0. The lowest BCUT2D eigenvalue weighted by molar-refractivity contribution is 0.144. The van der Waals surface area contributed by atoms with Crippen LogP contribution in [0.15, 0.2) is 0 Å². The summed E-state index contributed by atoms with van der Waals surface area (Å²) >= 11 is 0. The molecule has 0 bridgehead atoms. The molecule has 0 aromatic rings. The van der Waals surface area contributed by atoms with Crippen LogP contribution < -0.4 is 5.32 Å². The van der Waals surface area contributed by atoms with Crippen LogP contribution in [0, 0.1) is 5.92 Å². The van der Waals surface area contributed by atoms with E-state index in [4.69, 9.17) is 0 Å². The highest BCUT2D eigenvalue weighted by Gasteiger charge is 2.25. The van der Waals surface area contributed by atoms with E-state index >= 15 is 0 Å². The van der Waals surface area contributed by atoms with E-state index in [9.17, 15) is 0 Å². The van der Waals surface area contributed by atoms with Crippen LogP contribution in [0.4, 0.5) is 0 Å². The van der Waals surface area contributed by atoms with Crippen LogP contribution in [0.25, 0.3) is 0 Å². The Morgan fingerprint density at radius 2 is 2.06 bits per heavy atom. The molecule has 1 aliphatic heterocycles. The fourth-order valence-electron chi connectivity index (χ4n) is 3.33. The number of rotatable bonds is 7. The summed E-state index contributed by atoms with van der Waals surface area (Å²) in [7, 11) is 0. The molecule has 0 radical (unpaired) electrons. The van der Waals surface area contributed by atoms with E-state index in [0.717, 1.165) is 18.0 Å². The molecule has 100 valence electrons. The summed E-state index contributed by atoms with van der Waals surface area (Å²) in [6, 6.07) is 1.56. The molecule has 2 unspecified atom stereocenters. The number of nitrogens with one attached hydrogen (secondary N) is 1. The highest BCUT2D eigenvalue weighted by atomic mass is 15.2. The third kappa shape index (κ3) is 3.96. The lowest BCUT2D eigenvalue weighted by Gasteiger charge is -2.36. The van der Waals surface area contributed by atoms with Crippen molar-refractivity contribution in [1.82, 2.24) is 10.2 Å². The third-order valence-electron chi connectivity index (χ3n) is 4.65. The van der Waals surface area contributed by atoms with Crippen LogP contribution in [-0.2, 0) is 0 Å². The predicted octanol–water partition coefficient (Wildman–Crippen LogP) is 3.03. The third-order valence-corrected chi connectivity index (χ3v) is 4.65. The predicted molar refractivity (Wildman–Crippen MR) is 74.3 cm³/mol. The Morgan fingerprint density at radius 1 is 1.24 bits per heavy atom. The van der Waals surface area contributed by atoms with Gasteiger partial charge < -0.3 is 5.32 Å². The van der Waals surface area contributed by atoms with E-state index < -0.39 is 0 Å². The van der Waals surface area contributed by atoms with Crippen molar-refractivity contribution in [2.75, 3.05) is 19.6 Å². The van der Waals surface area contributed by atoms with Crippen molar-refractivity contribution in [1.29, 1.82) is 0 Å². The molecule has 0 amide bonds. The van der Waals surface area contributed by atoms with E-state index in [1.54, 1.807) is 0 Å². The molecular formula is C15H30N2. The first kappa shape index (κ1) is 13.4. The molecular weight excluding hydrogens is 208 g/mol. The maximum Gasteiger partial charge on any atom is 0.0195 e. The maximum absolute atomic E-state index is 3.64. The number of nitrogens with zero attached hydrogens (tertiary/aromatic N) is 1. The van der Waals surface area contributed by atoms with Gasteiger partial charge in [0.15, 0.2) is 0 Å². The Balaban J connectivity index is 1.76. The Hall–Kier alpha value is -0.0800. The zero-order valence-corrected chi connectivity index (χ0v) is 11.8. The van der Waals surface area contributed by atoms with Gasteiger partial charge in [-0.25, -0.2) is 0 Å². The standard InChI is InChI=1S/C15H30N2/c1-3-10-17(12-15-8-5-9-16-15)13(2)11-14-6-4-7-14/h13-16H,3-12H2,1-2H3. The van der Waals surface area contributed by atoms with Crippen molar-refractivity contribution < 1.29 is 0 Å². The molecule has 1 N–H and O–H groups in total. The van der Waals surface area contributed by atoms with Crippen molar-refractivity contribution >= 4 is 0 Å². The van der Waals surface area contributed by atoms with Crippen molar-refractivity contribution in [3.8, 4) is 0 Å². The van der Waals surface area contributed by atoms with Gasteiger partial charge in [-0.3, -0.25) is 4.90 Å². The van der Waals surface area contributed by atoms with Crippen molar-refractivity contribution in [3.63, 3.8) is 0 Å². The van der Waals surface area contributed by atoms with Crippen LogP contribution in [0.1, 0.15) is 58.8 Å². The Morgan fingerprint density at radius 3 is 2.59 bits per heavy atom. The average Bonchev–Trinajstić information content (AvgIpc) is 2.75. The van der Waals surface area contributed by atoms with Gasteiger partial charge in [0.1, 0.15) is 0 Å². The zero-order valence-electron chi connectivity index (χ0n) is 11.8. The van der Waals surface area contributed by atoms with Gasteiger partial charge in [-0.1, -0.05) is 26.2 Å². The SMILES string of the molecule is CCCN(CC1CCCN1)C(C)CC1CCC1. The normalized spacial score (nSPS) is 27.4. The van der Waals surface area contributed by atoms with Crippen LogP contribution in [0.3, 0.4) is 0 Å². The summed E-state index contributed by atoms with van der Waals surface area (Å²) in [6.07, 6.45) is 9.96. The van der Waals surface area contributed by atoms with E-state index in [1.807, 2.05) is 0 Å². The largest absolute Gasteiger partial charge is 0.313 e. The average molecular weight is 238 g/mol. The minimum absolute atomic E-state index is 0.769. The quantitative estimate of drug-likeness (QED) is 0.733. The molecule has 0 aromatic carbocycles. The van der Waals surface area contributed by atoms with Crippen LogP contribution in [0.5, 0.6) is 0 Å². The fourth-order valence-corrected chi connectivity index (χ4v) is 3.33. The zero-order chi connectivity index (χ0) is 12.1. The van der Waals surface area contributed by atoms with E-state index in [0.29, 0.717) is 0 Å². The molecule has 2 nitrogen and oxygen atoms in total. The van der Waals surface area contributed by atoms with Crippen LogP contribution >= 0.6 is 0 Å². The topological polar surface area (TPSA) is 15.3 Å². The maximum atomic E-state index is 3.64. The molecule has 1 aliphatic carbocycles. The van der Waals surface area contributed by atoms with Gasteiger partial charge in [0.2, 0.25) is 0 Å². The minimum Gasteiger partial charge on any atom is -0.313 e. The summed E-state index contributed by atoms with van der Waals surface area (Å²) in [5.74, 6) is 1.04. The fraction of sp³-hybridized carbons (Fsp3) is 1.00. The first-order valence-electron chi connectivity index (χ1n) is 7.77. The van der Waals surface area contributed by atoms with Gasteiger partial charge in [0, 0.05) is 18.6 Å². The lowest BCUT2D eigenvalue weighted by Crippen LogP contribution is -2.43. The molecule has 0 aromatic heterocycles. The van der Waals surface area contributed by atoms with Gasteiger partial charge in [0.25, 0.3) is 0 Å². The molecule has 1 saturated carbocycles. The molecule has 2 heteroatoms. The number of hydrogen-bond acceptors (Lipinski definition) is 2. The summed E-state index contributed by atoms with van der Waals surface area (Å²) < 4.78 is 0. The van der Waals surface area contributed by atoms with E-state index in [-0.39, 0.29) is 0 Å². The van der Waals surface area contributed by atoms with Crippen LogP contribution in [-0.4, -0.2) is 36.6 Å². The summed E-state index contributed by atoms with van der Waals surface area (Å²) in [5, 5.41) is 3.64. The lowest BCUT2D eigenvalue weighted by atomic mass is 9.81. The van der Waals surface area contributed by atoms with E-state index in [2.05, 4.69) is 24.1 Å². The van der Waals surface area contributed by atoms with Gasteiger partial charge in [-0.15, -0.1) is 0 Å². The molecule has 2 fully saturated rings. The molecule has 2 aliphatic rings. The monoisotopic (exact) mass is 238 g/mol. The molecule has 1 heterocycles. The highest BCUT2D eigenvalue weighted by Crippen LogP contribution is 2.31.